The summed E-state index contributed by atoms with van der Waals surface area (Å²) in [6.07, 6.45) is 2.06. The van der Waals surface area contributed by atoms with E-state index in [1.165, 1.54) is 0 Å². The van der Waals surface area contributed by atoms with Crippen LogP contribution in [0.5, 0.6) is 0 Å². The lowest BCUT2D eigenvalue weighted by molar-refractivity contribution is -0.125. The minimum atomic E-state index is -0.707. The number of anilines is 1. The molecule has 3 nitrogen and oxygen atoms in total. The molecular formula is C13H21NO2S. The fraction of sp³-hybridized carbons (Fsp3) is 0.538. The smallest absolute Gasteiger partial charge is 0.157 e. The maximum atomic E-state index is 9.69. The second kappa shape index (κ2) is 6.89. The van der Waals surface area contributed by atoms with Gasteiger partial charge in [0.2, 0.25) is 0 Å². The normalized spacial score (nSPS) is 14.6. The number of nitrogen functional groups attached to an aromatic ring is 1. The van der Waals surface area contributed by atoms with Crippen molar-refractivity contribution in [2.24, 2.45) is 5.92 Å². The summed E-state index contributed by atoms with van der Waals surface area (Å²) in [6.45, 7) is 4.37. The molecule has 3 N–H and O–H groups in total. The summed E-state index contributed by atoms with van der Waals surface area (Å²) in [7, 11) is 0. The summed E-state index contributed by atoms with van der Waals surface area (Å²) in [6, 6.07) is 6.05. The molecule has 0 aliphatic carbocycles. The molecule has 0 amide bonds. The number of thioether (sulfide) groups is 1. The Kier molecular flexibility index (Phi) is 5.82. The van der Waals surface area contributed by atoms with Crippen LogP contribution in [0.25, 0.3) is 0 Å². The Labute approximate surface area is 107 Å². The van der Waals surface area contributed by atoms with Crippen LogP contribution < -0.4 is 5.73 Å². The maximum Gasteiger partial charge on any atom is 0.157 e. The minimum absolute atomic E-state index is 0.0643. The largest absolute Gasteiger partial charge is 0.398 e. The van der Waals surface area contributed by atoms with E-state index in [2.05, 4.69) is 6.07 Å². The van der Waals surface area contributed by atoms with Crippen molar-refractivity contribution in [2.75, 3.05) is 18.6 Å². The second-order valence-electron chi connectivity index (χ2n) is 4.10. The molecule has 0 fully saturated rings. The molecule has 2 unspecified atom stereocenters. The van der Waals surface area contributed by atoms with Crippen molar-refractivity contribution in [1.29, 1.82) is 0 Å². The molecule has 0 bridgehead atoms. The molecule has 0 saturated heterocycles. The lowest BCUT2D eigenvalue weighted by Crippen LogP contribution is -2.23. The van der Waals surface area contributed by atoms with Gasteiger partial charge in [0.1, 0.15) is 0 Å². The molecule has 0 aromatic heterocycles. The van der Waals surface area contributed by atoms with Crippen molar-refractivity contribution in [2.45, 2.75) is 31.5 Å². The third kappa shape index (κ3) is 4.22. The molecule has 0 radical (unpaired) electrons. The summed E-state index contributed by atoms with van der Waals surface area (Å²) in [5.74, 6) is 0.0643. The summed E-state index contributed by atoms with van der Waals surface area (Å²) in [4.78, 5) is 1.09. The lowest BCUT2D eigenvalue weighted by atomic mass is 10.0. The molecular weight excluding hydrogens is 234 g/mol. The van der Waals surface area contributed by atoms with Crippen LogP contribution in [-0.4, -0.2) is 24.3 Å². The van der Waals surface area contributed by atoms with Gasteiger partial charge in [0.15, 0.2) is 6.29 Å². The third-order valence-corrected chi connectivity index (χ3v) is 3.49. The molecule has 0 saturated carbocycles. The number of aliphatic hydroxyl groups is 1. The Morgan fingerprint density at radius 3 is 2.71 bits per heavy atom. The molecule has 1 rings (SSSR count). The van der Waals surface area contributed by atoms with E-state index in [0.717, 1.165) is 22.6 Å². The molecule has 0 aliphatic heterocycles. The summed E-state index contributed by atoms with van der Waals surface area (Å²) < 4.78 is 5.17. The Hall–Kier alpha value is -0.710. The van der Waals surface area contributed by atoms with Crippen LogP contribution in [0.2, 0.25) is 0 Å². The highest BCUT2D eigenvalue weighted by molar-refractivity contribution is 7.98. The monoisotopic (exact) mass is 255 g/mol. The third-order valence-electron chi connectivity index (χ3n) is 2.68. The van der Waals surface area contributed by atoms with Crippen molar-refractivity contribution in [3.8, 4) is 0 Å². The van der Waals surface area contributed by atoms with Crippen molar-refractivity contribution in [3.05, 3.63) is 23.8 Å². The van der Waals surface area contributed by atoms with Crippen LogP contribution in [0.15, 0.2) is 23.1 Å². The number of benzene rings is 1. The Balaban J connectivity index is 2.65. The van der Waals surface area contributed by atoms with Crippen LogP contribution in [0, 0.1) is 5.92 Å². The lowest BCUT2D eigenvalue weighted by Gasteiger charge is -2.19. The van der Waals surface area contributed by atoms with E-state index < -0.39 is 6.29 Å². The standard InChI is InChI=1S/C13H21NO2S/c1-4-16-13(15)9(2)7-10-5-6-12(17-3)11(14)8-10/h5-6,8-9,13,15H,4,7,14H2,1-3H3. The SMILES string of the molecule is CCOC(O)C(C)Cc1ccc(SC)c(N)c1. The number of hydrogen-bond acceptors (Lipinski definition) is 4. The first kappa shape index (κ1) is 14.4. The Bertz CT molecular complexity index is 357. The van der Waals surface area contributed by atoms with E-state index in [0.29, 0.717) is 6.61 Å². The van der Waals surface area contributed by atoms with Gasteiger partial charge < -0.3 is 15.6 Å². The van der Waals surface area contributed by atoms with Crippen molar-refractivity contribution in [1.82, 2.24) is 0 Å². The van der Waals surface area contributed by atoms with Gasteiger partial charge in [-0.3, -0.25) is 0 Å². The minimum Gasteiger partial charge on any atom is -0.398 e. The first-order valence-corrected chi connectivity index (χ1v) is 7.03. The quantitative estimate of drug-likeness (QED) is 0.466. The zero-order valence-corrected chi connectivity index (χ0v) is 11.5. The molecule has 0 heterocycles. The molecule has 1 aromatic rings. The molecule has 4 heteroatoms. The average molecular weight is 255 g/mol. The van der Waals surface area contributed by atoms with Crippen LogP contribution >= 0.6 is 11.8 Å². The van der Waals surface area contributed by atoms with Crippen molar-refractivity contribution >= 4 is 17.4 Å². The van der Waals surface area contributed by atoms with Gasteiger partial charge in [0.05, 0.1) is 0 Å². The highest BCUT2D eigenvalue weighted by atomic mass is 32.2. The van der Waals surface area contributed by atoms with Crippen LogP contribution in [0.3, 0.4) is 0 Å². The highest BCUT2D eigenvalue weighted by Crippen LogP contribution is 2.25. The highest BCUT2D eigenvalue weighted by Gasteiger charge is 2.14. The number of ether oxygens (including phenoxy) is 1. The topological polar surface area (TPSA) is 55.5 Å². The Morgan fingerprint density at radius 2 is 2.18 bits per heavy atom. The zero-order chi connectivity index (χ0) is 12.8. The van der Waals surface area contributed by atoms with Crippen LogP contribution in [0.1, 0.15) is 19.4 Å². The van der Waals surface area contributed by atoms with E-state index >= 15 is 0 Å². The van der Waals surface area contributed by atoms with Gasteiger partial charge in [0.25, 0.3) is 0 Å². The number of hydrogen-bond donors (Lipinski definition) is 2. The van der Waals surface area contributed by atoms with E-state index in [1.807, 2.05) is 32.2 Å². The zero-order valence-electron chi connectivity index (χ0n) is 10.6. The van der Waals surface area contributed by atoms with E-state index in [1.54, 1.807) is 11.8 Å². The van der Waals surface area contributed by atoms with Gasteiger partial charge in [-0.2, -0.15) is 0 Å². The average Bonchev–Trinajstić information content (AvgIpc) is 2.29. The van der Waals surface area contributed by atoms with E-state index in [9.17, 15) is 5.11 Å². The second-order valence-corrected chi connectivity index (χ2v) is 4.95. The summed E-state index contributed by atoms with van der Waals surface area (Å²) in [5.41, 5.74) is 7.86. The summed E-state index contributed by atoms with van der Waals surface area (Å²) >= 11 is 1.64. The van der Waals surface area contributed by atoms with Crippen molar-refractivity contribution in [3.63, 3.8) is 0 Å². The van der Waals surface area contributed by atoms with Gasteiger partial charge >= 0.3 is 0 Å². The number of rotatable bonds is 6. The molecule has 0 spiro atoms. The molecule has 2 atom stereocenters. The summed E-state index contributed by atoms with van der Waals surface area (Å²) in [5, 5.41) is 9.69. The molecule has 96 valence electrons. The Morgan fingerprint density at radius 1 is 1.47 bits per heavy atom. The van der Waals surface area contributed by atoms with Crippen LogP contribution in [-0.2, 0) is 11.2 Å². The fourth-order valence-electron chi connectivity index (χ4n) is 1.72. The van der Waals surface area contributed by atoms with Gasteiger partial charge in [-0.05, 0) is 37.3 Å². The van der Waals surface area contributed by atoms with Gasteiger partial charge in [-0.25, -0.2) is 0 Å². The first-order valence-electron chi connectivity index (χ1n) is 5.80. The predicted molar refractivity (Wildman–Crippen MR) is 73.1 cm³/mol. The maximum absolute atomic E-state index is 9.69. The van der Waals surface area contributed by atoms with E-state index in [-0.39, 0.29) is 5.92 Å². The first-order chi connectivity index (χ1) is 8.08. The fourth-order valence-corrected chi connectivity index (χ4v) is 2.22. The van der Waals surface area contributed by atoms with Gasteiger partial charge in [-0.15, -0.1) is 11.8 Å². The number of nitrogens with two attached hydrogens (primary N) is 1. The van der Waals surface area contributed by atoms with Gasteiger partial charge in [-0.1, -0.05) is 13.0 Å². The number of aliphatic hydroxyl groups excluding tert-OH is 1. The van der Waals surface area contributed by atoms with Gasteiger partial charge in [0, 0.05) is 23.1 Å². The van der Waals surface area contributed by atoms with Crippen molar-refractivity contribution < 1.29 is 9.84 Å². The molecule has 17 heavy (non-hydrogen) atoms. The predicted octanol–water partition coefficient (Wildman–Crippen LogP) is 2.52. The molecule has 0 aliphatic rings. The van der Waals surface area contributed by atoms with Crippen LogP contribution in [0.4, 0.5) is 5.69 Å². The van der Waals surface area contributed by atoms with E-state index in [4.69, 9.17) is 10.5 Å². The molecule has 1 aromatic carbocycles.